The third-order valence-corrected chi connectivity index (χ3v) is 2.81. The Labute approximate surface area is 78.8 Å². The van der Waals surface area contributed by atoms with Gasteiger partial charge in [0.05, 0.1) is 12.6 Å². The fourth-order valence-electron chi connectivity index (χ4n) is 2.07. The monoisotopic (exact) mass is 177 g/mol. The van der Waals surface area contributed by atoms with Crippen LogP contribution in [0.4, 0.5) is 0 Å². The standard InChI is InChI=1S/C11H15NO/c1-2-12-7-9-5-3-4-6-10(9)11(12)8-13/h3-6,11,13H,2,7-8H2,1H3. The minimum absolute atomic E-state index is 0.223. The lowest BCUT2D eigenvalue weighted by Gasteiger charge is -2.20. The Morgan fingerprint density at radius 2 is 2.23 bits per heavy atom. The SMILES string of the molecule is CCN1Cc2ccccc2C1CO. The summed E-state index contributed by atoms with van der Waals surface area (Å²) in [5.41, 5.74) is 2.66. The molecule has 0 spiro atoms. The summed E-state index contributed by atoms with van der Waals surface area (Å²) >= 11 is 0. The molecule has 0 aliphatic carbocycles. The van der Waals surface area contributed by atoms with Crippen molar-refractivity contribution in [2.45, 2.75) is 19.5 Å². The predicted octanol–water partition coefficient (Wildman–Crippen LogP) is 1.56. The van der Waals surface area contributed by atoms with Gasteiger partial charge >= 0.3 is 0 Å². The van der Waals surface area contributed by atoms with Gasteiger partial charge in [-0.15, -0.1) is 0 Å². The van der Waals surface area contributed by atoms with E-state index in [0.717, 1.165) is 13.1 Å². The van der Waals surface area contributed by atoms with Crippen LogP contribution >= 0.6 is 0 Å². The number of benzene rings is 1. The summed E-state index contributed by atoms with van der Waals surface area (Å²) in [6.45, 7) is 4.34. The third-order valence-electron chi connectivity index (χ3n) is 2.81. The summed E-state index contributed by atoms with van der Waals surface area (Å²) < 4.78 is 0. The number of rotatable bonds is 2. The van der Waals surface area contributed by atoms with Crippen LogP contribution in [0.3, 0.4) is 0 Å². The zero-order chi connectivity index (χ0) is 9.26. The molecular weight excluding hydrogens is 162 g/mol. The van der Waals surface area contributed by atoms with Gasteiger partial charge in [-0.25, -0.2) is 0 Å². The van der Waals surface area contributed by atoms with Crippen LogP contribution < -0.4 is 0 Å². The molecule has 1 aromatic carbocycles. The summed E-state index contributed by atoms with van der Waals surface area (Å²) in [4.78, 5) is 2.30. The van der Waals surface area contributed by atoms with Crippen LogP contribution in [0.15, 0.2) is 24.3 Å². The lowest BCUT2D eigenvalue weighted by molar-refractivity contribution is 0.141. The van der Waals surface area contributed by atoms with Crippen LogP contribution in [0.25, 0.3) is 0 Å². The maximum Gasteiger partial charge on any atom is 0.0628 e. The van der Waals surface area contributed by atoms with Crippen LogP contribution in [0, 0.1) is 0 Å². The van der Waals surface area contributed by atoms with E-state index in [-0.39, 0.29) is 12.6 Å². The van der Waals surface area contributed by atoms with Crippen molar-refractivity contribution in [2.75, 3.05) is 13.2 Å². The Morgan fingerprint density at radius 3 is 2.92 bits per heavy atom. The first kappa shape index (κ1) is 8.73. The normalized spacial score (nSPS) is 21.8. The molecule has 1 N–H and O–H groups in total. The number of aliphatic hydroxyl groups excluding tert-OH is 1. The van der Waals surface area contributed by atoms with Gasteiger partial charge in [0.25, 0.3) is 0 Å². The van der Waals surface area contributed by atoms with Crippen molar-refractivity contribution in [3.63, 3.8) is 0 Å². The van der Waals surface area contributed by atoms with E-state index in [1.54, 1.807) is 0 Å². The molecular formula is C11H15NO. The fraction of sp³-hybridized carbons (Fsp3) is 0.455. The fourth-order valence-corrected chi connectivity index (χ4v) is 2.07. The van der Waals surface area contributed by atoms with Gasteiger partial charge in [-0.05, 0) is 17.7 Å². The molecule has 13 heavy (non-hydrogen) atoms. The van der Waals surface area contributed by atoms with Gasteiger partial charge in [0.1, 0.15) is 0 Å². The van der Waals surface area contributed by atoms with E-state index in [4.69, 9.17) is 0 Å². The molecule has 2 nitrogen and oxygen atoms in total. The summed E-state index contributed by atoms with van der Waals surface area (Å²) in [5.74, 6) is 0. The molecule has 0 radical (unpaired) electrons. The molecule has 0 saturated carbocycles. The maximum atomic E-state index is 9.27. The van der Waals surface area contributed by atoms with E-state index in [2.05, 4.69) is 30.0 Å². The van der Waals surface area contributed by atoms with Crippen LogP contribution in [-0.4, -0.2) is 23.2 Å². The lowest BCUT2D eigenvalue weighted by atomic mass is 10.1. The summed E-state index contributed by atoms with van der Waals surface area (Å²) in [5, 5.41) is 9.27. The lowest BCUT2D eigenvalue weighted by Crippen LogP contribution is -2.24. The molecule has 1 aliphatic heterocycles. The Balaban J connectivity index is 2.34. The highest BCUT2D eigenvalue weighted by Gasteiger charge is 2.27. The highest BCUT2D eigenvalue weighted by Crippen LogP contribution is 2.32. The molecule has 2 rings (SSSR count). The number of hydrogen-bond acceptors (Lipinski definition) is 2. The first-order valence-corrected chi connectivity index (χ1v) is 4.79. The van der Waals surface area contributed by atoms with Crippen LogP contribution in [0.5, 0.6) is 0 Å². The number of hydrogen-bond donors (Lipinski definition) is 1. The van der Waals surface area contributed by atoms with Gasteiger partial charge < -0.3 is 5.11 Å². The van der Waals surface area contributed by atoms with Crippen molar-refractivity contribution in [1.29, 1.82) is 0 Å². The van der Waals surface area contributed by atoms with Crippen LogP contribution in [0.2, 0.25) is 0 Å². The van der Waals surface area contributed by atoms with E-state index in [1.165, 1.54) is 11.1 Å². The quantitative estimate of drug-likeness (QED) is 0.741. The van der Waals surface area contributed by atoms with Crippen molar-refractivity contribution in [3.8, 4) is 0 Å². The van der Waals surface area contributed by atoms with Crippen molar-refractivity contribution in [3.05, 3.63) is 35.4 Å². The van der Waals surface area contributed by atoms with Gasteiger partial charge in [0.15, 0.2) is 0 Å². The topological polar surface area (TPSA) is 23.5 Å². The molecule has 0 amide bonds. The van der Waals surface area contributed by atoms with E-state index in [1.807, 2.05) is 6.07 Å². The second kappa shape index (κ2) is 3.48. The maximum absolute atomic E-state index is 9.27. The zero-order valence-electron chi connectivity index (χ0n) is 7.90. The smallest absolute Gasteiger partial charge is 0.0628 e. The predicted molar refractivity (Wildman–Crippen MR) is 52.4 cm³/mol. The summed E-state index contributed by atoms with van der Waals surface area (Å²) in [6, 6.07) is 8.59. The van der Waals surface area contributed by atoms with Crippen molar-refractivity contribution >= 4 is 0 Å². The average molecular weight is 177 g/mol. The molecule has 1 heterocycles. The highest BCUT2D eigenvalue weighted by atomic mass is 16.3. The molecule has 1 unspecified atom stereocenters. The van der Waals surface area contributed by atoms with Crippen molar-refractivity contribution < 1.29 is 5.11 Å². The van der Waals surface area contributed by atoms with E-state index < -0.39 is 0 Å². The minimum atomic E-state index is 0.223. The average Bonchev–Trinajstić information content (AvgIpc) is 2.55. The second-order valence-electron chi connectivity index (χ2n) is 3.46. The van der Waals surface area contributed by atoms with Crippen molar-refractivity contribution in [2.24, 2.45) is 0 Å². The molecule has 0 fully saturated rings. The number of nitrogens with zero attached hydrogens (tertiary/aromatic N) is 1. The number of likely N-dealkylation sites (N-methyl/N-ethyl adjacent to an activating group) is 1. The first-order valence-electron chi connectivity index (χ1n) is 4.79. The van der Waals surface area contributed by atoms with E-state index >= 15 is 0 Å². The minimum Gasteiger partial charge on any atom is -0.394 e. The number of aliphatic hydroxyl groups is 1. The third kappa shape index (κ3) is 1.36. The Bertz CT molecular complexity index is 298. The van der Waals surface area contributed by atoms with Crippen molar-refractivity contribution in [1.82, 2.24) is 4.90 Å². The molecule has 0 aromatic heterocycles. The molecule has 2 heteroatoms. The number of fused-ring (bicyclic) bond motifs is 1. The van der Waals surface area contributed by atoms with Gasteiger partial charge in [0, 0.05) is 6.54 Å². The molecule has 0 bridgehead atoms. The summed E-state index contributed by atoms with van der Waals surface area (Å²) in [7, 11) is 0. The van der Waals surface area contributed by atoms with Gasteiger partial charge in [-0.2, -0.15) is 0 Å². The van der Waals surface area contributed by atoms with Crippen LogP contribution in [-0.2, 0) is 6.54 Å². The van der Waals surface area contributed by atoms with Gasteiger partial charge in [-0.3, -0.25) is 4.90 Å². The van der Waals surface area contributed by atoms with E-state index in [0.29, 0.717) is 0 Å². The molecule has 1 aliphatic rings. The van der Waals surface area contributed by atoms with Gasteiger partial charge in [-0.1, -0.05) is 31.2 Å². The first-order chi connectivity index (χ1) is 6.36. The highest BCUT2D eigenvalue weighted by molar-refractivity contribution is 5.33. The molecule has 70 valence electrons. The second-order valence-corrected chi connectivity index (χ2v) is 3.46. The Hall–Kier alpha value is -0.860. The molecule has 1 atom stereocenters. The molecule has 0 saturated heterocycles. The molecule has 1 aromatic rings. The Morgan fingerprint density at radius 1 is 1.46 bits per heavy atom. The zero-order valence-corrected chi connectivity index (χ0v) is 7.90. The van der Waals surface area contributed by atoms with E-state index in [9.17, 15) is 5.11 Å². The largest absolute Gasteiger partial charge is 0.394 e. The van der Waals surface area contributed by atoms with Crippen LogP contribution in [0.1, 0.15) is 24.1 Å². The Kier molecular flexibility index (Phi) is 2.34. The van der Waals surface area contributed by atoms with Gasteiger partial charge in [0.2, 0.25) is 0 Å². The summed E-state index contributed by atoms with van der Waals surface area (Å²) in [6.07, 6.45) is 0.